The van der Waals surface area contributed by atoms with E-state index in [4.69, 9.17) is 9.72 Å². The molecule has 7 heteroatoms. The zero-order valence-electron chi connectivity index (χ0n) is 15.2. The van der Waals surface area contributed by atoms with E-state index in [2.05, 4.69) is 33.0 Å². The number of nitrogens with one attached hydrogen (secondary N) is 1. The highest BCUT2D eigenvalue weighted by Gasteiger charge is 2.15. The summed E-state index contributed by atoms with van der Waals surface area (Å²) in [6.45, 7) is 0.996. The summed E-state index contributed by atoms with van der Waals surface area (Å²) in [5.74, 6) is 0.500. The van der Waals surface area contributed by atoms with Crippen molar-refractivity contribution in [1.29, 1.82) is 0 Å². The van der Waals surface area contributed by atoms with Crippen molar-refractivity contribution < 1.29 is 9.13 Å². The van der Waals surface area contributed by atoms with E-state index >= 15 is 0 Å². The Bertz CT molecular complexity index is 909. The second-order valence-corrected chi connectivity index (χ2v) is 6.63. The third-order valence-corrected chi connectivity index (χ3v) is 4.70. The quantitative estimate of drug-likeness (QED) is 0.852. The Morgan fingerprint density at radius 3 is 3.04 bits per heavy atom. The highest BCUT2D eigenvalue weighted by atomic mass is 19.1. The smallest absolute Gasteiger partial charge is 0.250 e. The standard InChI is InChI=1S/C20H21FN5O/c1-27-20-17(21)10-14(12-23-20)18-11-16(25-26-18)6-2-5-15-8-7-13-4-3-9-22-19(13)24-15/h7-8,10-12H,2-6,9H2,1H3,(H,22,24). The minimum atomic E-state index is -0.508. The van der Waals surface area contributed by atoms with Crippen LogP contribution in [0.5, 0.6) is 5.88 Å². The van der Waals surface area contributed by atoms with E-state index in [-0.39, 0.29) is 5.88 Å². The normalized spacial score (nSPS) is 15.3. The molecule has 0 bridgehead atoms. The fourth-order valence-corrected chi connectivity index (χ4v) is 3.27. The van der Waals surface area contributed by atoms with Crippen molar-refractivity contribution in [3.8, 4) is 5.88 Å². The Balaban J connectivity index is 1.33. The van der Waals surface area contributed by atoms with Gasteiger partial charge in [-0.3, -0.25) is 0 Å². The molecule has 0 unspecified atom stereocenters. The summed E-state index contributed by atoms with van der Waals surface area (Å²) in [4.78, 5) is 8.65. The van der Waals surface area contributed by atoms with E-state index in [1.54, 1.807) is 6.20 Å². The Kier molecular flexibility index (Phi) is 5.00. The van der Waals surface area contributed by atoms with Crippen LogP contribution in [0.25, 0.3) is 0 Å². The molecular weight excluding hydrogens is 345 g/mol. The first kappa shape index (κ1) is 17.5. The summed E-state index contributed by atoms with van der Waals surface area (Å²) >= 11 is 0. The van der Waals surface area contributed by atoms with Crippen molar-refractivity contribution in [3.05, 3.63) is 58.8 Å². The van der Waals surface area contributed by atoms with Crippen LogP contribution >= 0.6 is 0 Å². The van der Waals surface area contributed by atoms with Crippen LogP contribution in [-0.2, 0) is 12.8 Å². The lowest BCUT2D eigenvalue weighted by atomic mass is 10.1. The van der Waals surface area contributed by atoms with Gasteiger partial charge in [0, 0.05) is 24.0 Å². The Hall–Kier alpha value is -2.96. The molecule has 139 valence electrons. The van der Waals surface area contributed by atoms with Gasteiger partial charge in [-0.2, -0.15) is 10.5 Å². The van der Waals surface area contributed by atoms with Crippen LogP contribution in [0.2, 0.25) is 0 Å². The van der Waals surface area contributed by atoms with Gasteiger partial charge in [0.1, 0.15) is 5.82 Å². The second-order valence-electron chi connectivity index (χ2n) is 6.63. The van der Waals surface area contributed by atoms with Gasteiger partial charge in [-0.25, -0.2) is 14.4 Å². The lowest BCUT2D eigenvalue weighted by molar-refractivity contribution is 0.369. The Morgan fingerprint density at radius 2 is 2.19 bits per heavy atom. The highest BCUT2D eigenvalue weighted by Crippen LogP contribution is 2.22. The van der Waals surface area contributed by atoms with Gasteiger partial charge in [0.2, 0.25) is 5.88 Å². The van der Waals surface area contributed by atoms with Gasteiger partial charge in [-0.05, 0) is 55.9 Å². The molecule has 0 aliphatic carbocycles. The summed E-state index contributed by atoms with van der Waals surface area (Å²) in [5.41, 5.74) is 8.69. The number of allylic oxidation sites excluding steroid dienone is 2. The minimum absolute atomic E-state index is 0.0227. The molecule has 2 aliphatic rings. The molecule has 0 saturated heterocycles. The Labute approximate surface area is 157 Å². The topological polar surface area (TPSA) is 73.5 Å². The van der Waals surface area contributed by atoms with E-state index in [0.717, 1.165) is 49.4 Å². The fraction of sp³-hybridized carbons (Fsp3) is 0.350. The van der Waals surface area contributed by atoms with Gasteiger partial charge in [0.05, 0.1) is 18.5 Å². The molecule has 0 spiro atoms. The molecule has 0 atom stereocenters. The molecule has 0 fully saturated rings. The number of hydrogen-bond acceptors (Lipinski definition) is 5. The van der Waals surface area contributed by atoms with E-state index in [1.807, 2.05) is 6.08 Å². The van der Waals surface area contributed by atoms with Crippen molar-refractivity contribution in [2.45, 2.75) is 32.1 Å². The molecule has 27 heavy (non-hydrogen) atoms. The number of ether oxygens (including phenoxy) is 1. The monoisotopic (exact) mass is 366 g/mol. The number of halogens is 1. The van der Waals surface area contributed by atoms with Gasteiger partial charge in [-0.1, -0.05) is 6.07 Å². The summed E-state index contributed by atoms with van der Waals surface area (Å²) in [6, 6.07) is 5.65. The van der Waals surface area contributed by atoms with Crippen LogP contribution in [0.3, 0.4) is 0 Å². The van der Waals surface area contributed by atoms with E-state index in [9.17, 15) is 4.39 Å². The highest BCUT2D eigenvalue weighted by molar-refractivity contribution is 6.09. The first-order valence-corrected chi connectivity index (χ1v) is 9.15. The first-order valence-electron chi connectivity index (χ1n) is 9.15. The number of rotatable bonds is 6. The maximum absolute atomic E-state index is 13.8. The number of anilines is 1. The second kappa shape index (κ2) is 7.73. The molecule has 0 aromatic carbocycles. The zero-order valence-corrected chi connectivity index (χ0v) is 15.2. The first-order chi connectivity index (χ1) is 13.2. The third-order valence-electron chi connectivity index (χ3n) is 4.70. The van der Waals surface area contributed by atoms with Crippen LogP contribution in [-0.4, -0.2) is 29.3 Å². The summed E-state index contributed by atoms with van der Waals surface area (Å²) in [7, 11) is 1.39. The fourth-order valence-electron chi connectivity index (χ4n) is 3.27. The molecular formula is C20H21FN5O. The van der Waals surface area contributed by atoms with Crippen LogP contribution in [0.1, 0.15) is 36.1 Å². The van der Waals surface area contributed by atoms with Crippen molar-refractivity contribution in [2.75, 3.05) is 19.0 Å². The van der Waals surface area contributed by atoms with Gasteiger partial charge < -0.3 is 10.1 Å². The maximum atomic E-state index is 13.8. The number of methoxy groups -OCH3 is 1. The van der Waals surface area contributed by atoms with Crippen molar-refractivity contribution in [3.63, 3.8) is 0 Å². The van der Waals surface area contributed by atoms with Gasteiger partial charge in [-0.15, -0.1) is 0 Å². The number of fused-ring (bicyclic) bond motifs is 1. The van der Waals surface area contributed by atoms with Crippen molar-refractivity contribution in [2.24, 2.45) is 5.10 Å². The third kappa shape index (κ3) is 3.92. The summed E-state index contributed by atoms with van der Waals surface area (Å²) < 4.78 is 18.6. The number of aryl methyl sites for hydroxylation is 2. The summed E-state index contributed by atoms with van der Waals surface area (Å²) in [5, 5.41) is 7.51. The number of nitrogens with zero attached hydrogens (tertiary/aromatic N) is 4. The molecule has 4 heterocycles. The molecule has 2 aromatic heterocycles. The van der Waals surface area contributed by atoms with Crippen molar-refractivity contribution >= 4 is 11.5 Å². The molecule has 1 radical (unpaired) electrons. The molecule has 1 N–H and O–H groups in total. The average molecular weight is 366 g/mol. The molecule has 4 rings (SSSR count). The van der Waals surface area contributed by atoms with Gasteiger partial charge >= 0.3 is 0 Å². The number of hydrogen-bond donors (Lipinski definition) is 1. The predicted molar refractivity (Wildman–Crippen MR) is 101 cm³/mol. The summed E-state index contributed by atoms with van der Waals surface area (Å²) in [6.07, 6.45) is 8.30. The predicted octanol–water partition coefficient (Wildman–Crippen LogP) is 3.21. The average Bonchev–Trinajstić information content (AvgIpc) is 3.17. The Morgan fingerprint density at radius 1 is 1.26 bits per heavy atom. The van der Waals surface area contributed by atoms with Gasteiger partial charge in [0.25, 0.3) is 0 Å². The zero-order chi connectivity index (χ0) is 18.6. The molecule has 6 nitrogen and oxygen atoms in total. The van der Waals surface area contributed by atoms with Crippen LogP contribution in [0.15, 0.2) is 41.3 Å². The van der Waals surface area contributed by atoms with E-state index in [1.165, 1.54) is 25.2 Å². The lowest BCUT2D eigenvalue weighted by Gasteiger charge is -2.17. The van der Waals surface area contributed by atoms with E-state index in [0.29, 0.717) is 11.3 Å². The van der Waals surface area contributed by atoms with Crippen LogP contribution < -0.4 is 15.5 Å². The minimum Gasteiger partial charge on any atom is -0.479 e. The molecule has 0 saturated carbocycles. The van der Waals surface area contributed by atoms with Crippen molar-refractivity contribution in [1.82, 2.24) is 15.4 Å². The van der Waals surface area contributed by atoms with E-state index < -0.39 is 5.82 Å². The van der Waals surface area contributed by atoms with Gasteiger partial charge in [0.15, 0.2) is 5.82 Å². The molecule has 2 aliphatic heterocycles. The number of aromatic nitrogens is 2. The molecule has 2 aromatic rings. The van der Waals surface area contributed by atoms with Crippen LogP contribution in [0, 0.1) is 5.82 Å². The van der Waals surface area contributed by atoms with Crippen LogP contribution in [0.4, 0.5) is 10.2 Å². The molecule has 0 amide bonds. The maximum Gasteiger partial charge on any atom is 0.250 e. The number of pyridine rings is 2. The lowest BCUT2D eigenvalue weighted by Crippen LogP contribution is -2.14. The SMILES string of the molecule is COc1ncc(C2=N[N]C(CCCc3ccc4c(n3)NCCC4)=C2)cc1F. The largest absolute Gasteiger partial charge is 0.479 e.